The second kappa shape index (κ2) is 6.56. The average Bonchev–Trinajstić information content (AvgIpc) is 2.34. The molecule has 0 amide bonds. The van der Waals surface area contributed by atoms with E-state index in [1.807, 2.05) is 23.9 Å². The van der Waals surface area contributed by atoms with E-state index in [1.165, 1.54) is 5.56 Å². The van der Waals surface area contributed by atoms with Gasteiger partial charge in [-0.2, -0.15) is 17.0 Å². The number of nitrogens with zero attached hydrogens (tertiary/aromatic N) is 2. The summed E-state index contributed by atoms with van der Waals surface area (Å²) in [6.07, 6.45) is 3.26. The number of benzene rings is 1. The zero-order valence-electron chi connectivity index (χ0n) is 11.0. The maximum atomic E-state index is 9.17. The SMILES string of the molecule is CSCCC(C)N(C)c1c(C)cccc1C#N. The van der Waals surface area contributed by atoms with E-state index in [9.17, 15) is 0 Å². The summed E-state index contributed by atoms with van der Waals surface area (Å²) in [5.41, 5.74) is 3.01. The summed E-state index contributed by atoms with van der Waals surface area (Å²) in [5, 5.41) is 9.17. The van der Waals surface area contributed by atoms with Crippen molar-refractivity contribution in [3.63, 3.8) is 0 Å². The molecule has 17 heavy (non-hydrogen) atoms. The Hall–Kier alpha value is -1.14. The Bertz CT molecular complexity index is 409. The van der Waals surface area contributed by atoms with Crippen LogP contribution in [0.2, 0.25) is 0 Å². The number of para-hydroxylation sites is 1. The number of nitriles is 1. The molecule has 1 unspecified atom stereocenters. The summed E-state index contributed by atoms with van der Waals surface area (Å²) >= 11 is 1.87. The average molecular weight is 248 g/mol. The molecule has 1 aromatic rings. The molecule has 0 fully saturated rings. The summed E-state index contributed by atoms with van der Waals surface area (Å²) in [7, 11) is 2.08. The Labute approximate surface area is 109 Å². The fourth-order valence-electron chi connectivity index (χ4n) is 1.92. The monoisotopic (exact) mass is 248 g/mol. The van der Waals surface area contributed by atoms with Crippen molar-refractivity contribution in [1.82, 2.24) is 0 Å². The van der Waals surface area contributed by atoms with Gasteiger partial charge < -0.3 is 4.90 Å². The van der Waals surface area contributed by atoms with Crippen LogP contribution in [0.5, 0.6) is 0 Å². The zero-order chi connectivity index (χ0) is 12.8. The first-order valence-electron chi connectivity index (χ1n) is 5.83. The van der Waals surface area contributed by atoms with Crippen LogP contribution in [0.1, 0.15) is 24.5 Å². The molecular formula is C14H20N2S. The molecule has 0 bridgehead atoms. The summed E-state index contributed by atoms with van der Waals surface area (Å²) in [6, 6.07) is 8.63. The van der Waals surface area contributed by atoms with Gasteiger partial charge in [-0.1, -0.05) is 12.1 Å². The number of aryl methyl sites for hydroxylation is 1. The van der Waals surface area contributed by atoms with Gasteiger partial charge in [-0.3, -0.25) is 0 Å². The number of hydrogen-bond acceptors (Lipinski definition) is 3. The topological polar surface area (TPSA) is 27.0 Å². The number of rotatable bonds is 5. The van der Waals surface area contributed by atoms with E-state index >= 15 is 0 Å². The third kappa shape index (κ3) is 3.41. The van der Waals surface area contributed by atoms with Gasteiger partial charge in [0, 0.05) is 13.1 Å². The van der Waals surface area contributed by atoms with Crippen LogP contribution in [-0.4, -0.2) is 25.1 Å². The molecule has 0 aliphatic carbocycles. The van der Waals surface area contributed by atoms with Gasteiger partial charge in [-0.25, -0.2) is 0 Å². The second-order valence-electron chi connectivity index (χ2n) is 4.32. The van der Waals surface area contributed by atoms with Gasteiger partial charge in [0.2, 0.25) is 0 Å². The number of thioether (sulfide) groups is 1. The normalized spacial score (nSPS) is 11.9. The smallest absolute Gasteiger partial charge is 0.101 e. The summed E-state index contributed by atoms with van der Waals surface area (Å²) in [6.45, 7) is 4.28. The second-order valence-corrected chi connectivity index (χ2v) is 5.31. The molecule has 0 radical (unpaired) electrons. The van der Waals surface area contributed by atoms with Gasteiger partial charge in [0.05, 0.1) is 11.3 Å². The molecule has 0 aliphatic heterocycles. The van der Waals surface area contributed by atoms with Crippen LogP contribution in [0.25, 0.3) is 0 Å². The van der Waals surface area contributed by atoms with E-state index in [0.717, 1.165) is 23.4 Å². The molecule has 1 aromatic carbocycles. The molecule has 3 heteroatoms. The molecule has 0 aromatic heterocycles. The first-order valence-corrected chi connectivity index (χ1v) is 7.22. The summed E-state index contributed by atoms with van der Waals surface area (Å²) in [4.78, 5) is 2.23. The molecule has 0 N–H and O–H groups in total. The highest BCUT2D eigenvalue weighted by atomic mass is 32.2. The van der Waals surface area contributed by atoms with Crippen molar-refractivity contribution in [2.45, 2.75) is 26.3 Å². The predicted molar refractivity (Wildman–Crippen MR) is 76.8 cm³/mol. The minimum Gasteiger partial charge on any atom is -0.371 e. The molecule has 0 heterocycles. The molecule has 1 atom stereocenters. The lowest BCUT2D eigenvalue weighted by molar-refractivity contribution is 0.667. The minimum atomic E-state index is 0.454. The van der Waals surface area contributed by atoms with Crippen LogP contribution in [0, 0.1) is 18.3 Å². The molecule has 0 saturated carbocycles. The highest BCUT2D eigenvalue weighted by Crippen LogP contribution is 2.26. The van der Waals surface area contributed by atoms with E-state index in [-0.39, 0.29) is 0 Å². The maximum absolute atomic E-state index is 9.17. The third-order valence-electron chi connectivity index (χ3n) is 3.11. The van der Waals surface area contributed by atoms with Gasteiger partial charge in [-0.15, -0.1) is 0 Å². The third-order valence-corrected chi connectivity index (χ3v) is 3.76. The Morgan fingerprint density at radius 3 is 2.76 bits per heavy atom. The van der Waals surface area contributed by atoms with E-state index < -0.39 is 0 Å². The molecule has 92 valence electrons. The van der Waals surface area contributed by atoms with Crippen LogP contribution in [0.3, 0.4) is 0 Å². The first kappa shape index (κ1) is 13.9. The predicted octanol–water partition coefficient (Wildman–Crippen LogP) is 3.44. The van der Waals surface area contributed by atoms with E-state index in [1.54, 1.807) is 0 Å². The molecule has 0 aliphatic rings. The summed E-state index contributed by atoms with van der Waals surface area (Å²) in [5.74, 6) is 1.15. The van der Waals surface area contributed by atoms with Crippen molar-refractivity contribution in [2.24, 2.45) is 0 Å². The molecular weight excluding hydrogens is 228 g/mol. The molecule has 1 rings (SSSR count). The summed E-state index contributed by atoms with van der Waals surface area (Å²) < 4.78 is 0. The standard InChI is InChI=1S/C14H20N2S/c1-11-6-5-7-13(10-15)14(11)16(3)12(2)8-9-17-4/h5-7,12H,8-9H2,1-4H3. The van der Waals surface area contributed by atoms with Crippen LogP contribution in [-0.2, 0) is 0 Å². The Kier molecular flexibility index (Phi) is 5.37. The van der Waals surface area contributed by atoms with Gasteiger partial charge in [0.1, 0.15) is 6.07 Å². The minimum absolute atomic E-state index is 0.454. The van der Waals surface area contributed by atoms with Crippen molar-refractivity contribution >= 4 is 17.4 Å². The zero-order valence-corrected chi connectivity index (χ0v) is 11.8. The van der Waals surface area contributed by atoms with Crippen molar-refractivity contribution in [3.05, 3.63) is 29.3 Å². The fourth-order valence-corrected chi connectivity index (χ4v) is 2.50. The van der Waals surface area contributed by atoms with Gasteiger partial charge >= 0.3 is 0 Å². The van der Waals surface area contributed by atoms with E-state index in [0.29, 0.717) is 6.04 Å². The van der Waals surface area contributed by atoms with Crippen molar-refractivity contribution in [1.29, 1.82) is 5.26 Å². The van der Waals surface area contributed by atoms with Gasteiger partial charge in [0.15, 0.2) is 0 Å². The molecule has 0 saturated heterocycles. The van der Waals surface area contributed by atoms with E-state index in [2.05, 4.69) is 44.2 Å². The lowest BCUT2D eigenvalue weighted by Gasteiger charge is -2.29. The highest BCUT2D eigenvalue weighted by molar-refractivity contribution is 7.98. The first-order chi connectivity index (χ1) is 8.11. The van der Waals surface area contributed by atoms with Crippen LogP contribution < -0.4 is 4.90 Å². The van der Waals surface area contributed by atoms with Crippen LogP contribution in [0.4, 0.5) is 5.69 Å². The Morgan fingerprint density at radius 1 is 1.47 bits per heavy atom. The van der Waals surface area contributed by atoms with E-state index in [4.69, 9.17) is 5.26 Å². The molecule has 0 spiro atoms. The molecule has 2 nitrogen and oxygen atoms in total. The number of hydrogen-bond donors (Lipinski definition) is 0. The lowest BCUT2D eigenvalue weighted by Crippen LogP contribution is -2.30. The van der Waals surface area contributed by atoms with Crippen molar-refractivity contribution in [3.8, 4) is 6.07 Å². The largest absolute Gasteiger partial charge is 0.371 e. The quantitative estimate of drug-likeness (QED) is 0.798. The Balaban J connectivity index is 2.95. The van der Waals surface area contributed by atoms with Crippen LogP contribution >= 0.6 is 11.8 Å². The van der Waals surface area contributed by atoms with Crippen molar-refractivity contribution < 1.29 is 0 Å². The number of anilines is 1. The van der Waals surface area contributed by atoms with Gasteiger partial charge in [-0.05, 0) is 43.9 Å². The van der Waals surface area contributed by atoms with Gasteiger partial charge in [0.25, 0.3) is 0 Å². The Morgan fingerprint density at radius 2 is 2.18 bits per heavy atom. The van der Waals surface area contributed by atoms with Crippen molar-refractivity contribution in [2.75, 3.05) is 24.0 Å². The lowest BCUT2D eigenvalue weighted by atomic mass is 10.1. The highest BCUT2D eigenvalue weighted by Gasteiger charge is 2.15. The maximum Gasteiger partial charge on any atom is 0.101 e. The van der Waals surface area contributed by atoms with Crippen LogP contribution in [0.15, 0.2) is 18.2 Å². The fraction of sp³-hybridized carbons (Fsp3) is 0.500.